The van der Waals surface area contributed by atoms with Crippen molar-refractivity contribution >= 4 is 29.6 Å². The predicted octanol–water partition coefficient (Wildman–Crippen LogP) is -0.734. The molecule has 8 nitrogen and oxygen atoms in total. The third-order valence-corrected chi connectivity index (χ3v) is 4.01. The summed E-state index contributed by atoms with van der Waals surface area (Å²) in [6.07, 6.45) is -0.787. The van der Waals surface area contributed by atoms with E-state index in [1.807, 2.05) is 0 Å². The molecule has 3 heterocycles. The maximum Gasteiger partial charge on any atom is 0.167 e. The molecule has 1 saturated heterocycles. The van der Waals surface area contributed by atoms with Crippen LogP contribution in [-0.4, -0.2) is 53.8 Å². The normalized spacial score (nSPS) is 30.2. The van der Waals surface area contributed by atoms with Crippen LogP contribution in [0, 0.1) is 6.92 Å². The van der Waals surface area contributed by atoms with Crippen molar-refractivity contribution in [3.8, 4) is 0 Å². The number of rotatable bonds is 2. The number of nitrogen functional groups attached to an aromatic ring is 1. The zero-order valence-corrected chi connectivity index (χ0v) is 11.6. The van der Waals surface area contributed by atoms with E-state index >= 15 is 0 Å². The highest BCUT2D eigenvalue weighted by Crippen LogP contribution is 2.36. The molecule has 0 unspecified atom stereocenters. The highest BCUT2D eigenvalue weighted by molar-refractivity contribution is 7.81. The van der Waals surface area contributed by atoms with Gasteiger partial charge in [0.15, 0.2) is 23.2 Å². The number of aryl methyl sites for hydroxylation is 1. The second-order valence-corrected chi connectivity index (χ2v) is 5.29. The Kier molecular flexibility index (Phi) is 3.28. The van der Waals surface area contributed by atoms with Crippen molar-refractivity contribution in [1.82, 2.24) is 19.5 Å². The van der Waals surface area contributed by atoms with Crippen molar-refractivity contribution in [3.63, 3.8) is 0 Å². The van der Waals surface area contributed by atoms with Gasteiger partial charge in [0.2, 0.25) is 0 Å². The minimum atomic E-state index is -0.871. The van der Waals surface area contributed by atoms with Crippen LogP contribution < -0.4 is 5.73 Å². The molecule has 4 N–H and O–H groups in total. The summed E-state index contributed by atoms with van der Waals surface area (Å²) in [5.41, 5.74) is 6.78. The Bertz CT molecular complexity index is 648. The average molecular weight is 297 g/mol. The first-order valence-electron chi connectivity index (χ1n) is 6.12. The Labute approximate surface area is 120 Å². The fourth-order valence-electron chi connectivity index (χ4n) is 2.43. The smallest absolute Gasteiger partial charge is 0.167 e. The minimum absolute atomic E-state index is 0.280. The fourth-order valence-corrected chi connectivity index (χ4v) is 2.83. The number of imidazole rings is 1. The van der Waals surface area contributed by atoms with Crippen LogP contribution in [0.1, 0.15) is 12.1 Å². The first-order valence-corrected chi connectivity index (χ1v) is 6.63. The number of thiol groups is 1. The minimum Gasteiger partial charge on any atom is -0.394 e. The largest absolute Gasteiger partial charge is 0.394 e. The number of hydrogen-bond acceptors (Lipinski definition) is 8. The Morgan fingerprint density at radius 3 is 2.90 bits per heavy atom. The molecule has 1 aliphatic heterocycles. The van der Waals surface area contributed by atoms with Crippen LogP contribution >= 0.6 is 12.6 Å². The van der Waals surface area contributed by atoms with Gasteiger partial charge in [-0.25, -0.2) is 15.0 Å². The molecule has 3 rings (SSSR count). The predicted molar refractivity (Wildman–Crippen MR) is 74.2 cm³/mol. The molecule has 2 aromatic heterocycles. The van der Waals surface area contributed by atoms with Gasteiger partial charge >= 0.3 is 0 Å². The summed E-state index contributed by atoms with van der Waals surface area (Å²) in [5, 5.41) is 18.7. The molecule has 0 aromatic carbocycles. The molecular formula is C11H15N5O3S. The van der Waals surface area contributed by atoms with E-state index in [1.54, 1.807) is 11.5 Å². The van der Waals surface area contributed by atoms with Crippen LogP contribution in [0.15, 0.2) is 6.33 Å². The van der Waals surface area contributed by atoms with E-state index < -0.39 is 23.7 Å². The number of nitrogens with two attached hydrogens (primary N) is 1. The van der Waals surface area contributed by atoms with Gasteiger partial charge in [-0.3, -0.25) is 4.57 Å². The van der Waals surface area contributed by atoms with Crippen LogP contribution in [0.25, 0.3) is 11.2 Å². The summed E-state index contributed by atoms with van der Waals surface area (Å²) in [4.78, 5) is 12.4. The molecule has 4 atom stereocenters. The molecule has 2 aromatic rings. The maximum absolute atomic E-state index is 9.99. The van der Waals surface area contributed by atoms with E-state index in [1.165, 1.54) is 6.33 Å². The number of nitrogens with zero attached hydrogens (tertiary/aromatic N) is 4. The summed E-state index contributed by atoms with van der Waals surface area (Å²) < 4.78 is 7.37. The van der Waals surface area contributed by atoms with Crippen LogP contribution in [-0.2, 0) is 4.74 Å². The zero-order chi connectivity index (χ0) is 14.4. The van der Waals surface area contributed by atoms with Gasteiger partial charge in [-0.15, -0.1) is 0 Å². The number of aromatic nitrogens is 4. The molecule has 0 radical (unpaired) electrons. The van der Waals surface area contributed by atoms with Crippen molar-refractivity contribution in [2.75, 3.05) is 12.3 Å². The first-order chi connectivity index (χ1) is 9.54. The fraction of sp³-hybridized carbons (Fsp3) is 0.545. The number of aliphatic hydroxyl groups excluding tert-OH is 2. The second kappa shape index (κ2) is 4.85. The van der Waals surface area contributed by atoms with Gasteiger partial charge in [0.05, 0.1) is 18.0 Å². The third-order valence-electron chi connectivity index (χ3n) is 3.45. The summed E-state index contributed by atoms with van der Waals surface area (Å²) in [6.45, 7) is 1.50. The van der Waals surface area contributed by atoms with Gasteiger partial charge in [0, 0.05) is 0 Å². The first kappa shape index (κ1) is 13.6. The zero-order valence-electron chi connectivity index (χ0n) is 10.7. The molecule has 1 aliphatic rings. The van der Waals surface area contributed by atoms with Crippen molar-refractivity contribution in [1.29, 1.82) is 0 Å². The summed E-state index contributed by atoms with van der Waals surface area (Å²) in [6, 6.07) is 0. The topological polar surface area (TPSA) is 119 Å². The van der Waals surface area contributed by atoms with E-state index in [2.05, 4.69) is 27.6 Å². The quantitative estimate of drug-likeness (QED) is 0.539. The number of aliphatic hydroxyl groups is 2. The van der Waals surface area contributed by atoms with Crippen LogP contribution in [0.5, 0.6) is 0 Å². The molecule has 0 spiro atoms. The lowest BCUT2D eigenvalue weighted by atomic mass is 10.2. The lowest BCUT2D eigenvalue weighted by Gasteiger charge is -2.18. The van der Waals surface area contributed by atoms with Gasteiger partial charge in [-0.1, -0.05) is 0 Å². The van der Waals surface area contributed by atoms with Crippen LogP contribution in [0.4, 0.5) is 5.82 Å². The van der Waals surface area contributed by atoms with E-state index in [-0.39, 0.29) is 12.4 Å². The van der Waals surface area contributed by atoms with Gasteiger partial charge in [-0.2, -0.15) is 12.6 Å². The van der Waals surface area contributed by atoms with Gasteiger partial charge < -0.3 is 20.7 Å². The summed E-state index contributed by atoms with van der Waals surface area (Å²) in [5.74, 6) is 0.909. The molecule has 9 heteroatoms. The van der Waals surface area contributed by atoms with Gasteiger partial charge in [-0.05, 0) is 6.92 Å². The molecule has 0 aliphatic carbocycles. The van der Waals surface area contributed by atoms with Gasteiger partial charge in [0.25, 0.3) is 0 Å². The van der Waals surface area contributed by atoms with E-state index in [9.17, 15) is 10.2 Å². The Morgan fingerprint density at radius 2 is 2.25 bits per heavy atom. The third kappa shape index (κ3) is 1.85. The molecule has 0 bridgehead atoms. The van der Waals surface area contributed by atoms with Crippen molar-refractivity contribution < 1.29 is 14.9 Å². The maximum atomic E-state index is 9.99. The lowest BCUT2D eigenvalue weighted by Crippen LogP contribution is -2.30. The SMILES string of the molecule is Cc1nc2c(N)ncnc2n1[C@@H]1O[C@H](CO)[C@@H](O)[C@H]1S. The number of ether oxygens (including phenoxy) is 1. The molecule has 0 amide bonds. The summed E-state index contributed by atoms with van der Waals surface area (Å²) in [7, 11) is 0. The van der Waals surface area contributed by atoms with Crippen LogP contribution in [0.3, 0.4) is 0 Å². The van der Waals surface area contributed by atoms with E-state index in [4.69, 9.17) is 10.5 Å². The highest BCUT2D eigenvalue weighted by atomic mass is 32.1. The molecule has 1 fully saturated rings. The molecule has 108 valence electrons. The van der Waals surface area contributed by atoms with Crippen molar-refractivity contribution in [2.45, 2.75) is 30.6 Å². The Hall–Kier alpha value is -1.42. The van der Waals surface area contributed by atoms with Crippen molar-refractivity contribution in [3.05, 3.63) is 12.2 Å². The number of anilines is 1. The van der Waals surface area contributed by atoms with Crippen molar-refractivity contribution in [2.24, 2.45) is 0 Å². The lowest BCUT2D eigenvalue weighted by molar-refractivity contribution is -0.0436. The highest BCUT2D eigenvalue weighted by Gasteiger charge is 2.43. The van der Waals surface area contributed by atoms with E-state index in [0.29, 0.717) is 17.0 Å². The number of fused-ring (bicyclic) bond motifs is 1. The van der Waals surface area contributed by atoms with E-state index in [0.717, 1.165) is 0 Å². The molecular weight excluding hydrogens is 282 g/mol. The monoisotopic (exact) mass is 297 g/mol. The van der Waals surface area contributed by atoms with Gasteiger partial charge in [0.1, 0.15) is 18.3 Å². The Balaban J connectivity index is 2.11. The van der Waals surface area contributed by atoms with Crippen LogP contribution in [0.2, 0.25) is 0 Å². The molecule has 20 heavy (non-hydrogen) atoms. The standard InChI is InChI=1S/C11H15N5O3S/c1-4-15-6-9(12)13-3-14-10(6)16(4)11-8(20)7(18)5(2-17)19-11/h3,5,7-8,11,17-18,20H,2H2,1H3,(H2,12,13,14)/t5-,7-,8-,11-/m1/s1. The Morgan fingerprint density at radius 1 is 1.50 bits per heavy atom. The summed E-state index contributed by atoms with van der Waals surface area (Å²) >= 11 is 4.37. The average Bonchev–Trinajstić information content (AvgIpc) is 2.90. The molecule has 0 saturated carbocycles. The second-order valence-electron chi connectivity index (χ2n) is 4.69. The number of hydrogen-bond donors (Lipinski definition) is 4.